The van der Waals surface area contributed by atoms with Gasteiger partial charge in [0.2, 0.25) is 11.8 Å². The number of hydrogen-bond donors (Lipinski definition) is 2. The van der Waals surface area contributed by atoms with Crippen molar-refractivity contribution in [2.75, 3.05) is 19.1 Å². The lowest BCUT2D eigenvalue weighted by Crippen LogP contribution is -2.55. The fraction of sp³-hybridized carbons (Fsp3) is 0.375. The minimum atomic E-state index is -0.955. The number of anilines is 1. The van der Waals surface area contributed by atoms with E-state index in [1.165, 1.54) is 19.2 Å². The minimum Gasteiger partial charge on any atom is -0.507 e. The Hall–Kier alpha value is -3.33. The van der Waals surface area contributed by atoms with E-state index in [-0.39, 0.29) is 23.7 Å². The second kappa shape index (κ2) is 8.55. The molecule has 1 aromatic carbocycles. The second-order valence-corrected chi connectivity index (χ2v) is 8.62. The summed E-state index contributed by atoms with van der Waals surface area (Å²) >= 11 is 0. The molecule has 2 N–H and O–H groups in total. The van der Waals surface area contributed by atoms with Crippen LogP contribution in [0.2, 0.25) is 0 Å². The molecule has 2 aliphatic heterocycles. The average molecular weight is 453 g/mol. The summed E-state index contributed by atoms with van der Waals surface area (Å²) < 4.78 is 33.7. The summed E-state index contributed by atoms with van der Waals surface area (Å²) in [5, 5.41) is 14.0. The molecule has 7 nitrogen and oxygen atoms in total. The van der Waals surface area contributed by atoms with Crippen molar-refractivity contribution in [1.82, 2.24) is 20.3 Å². The number of phenolic OH excluding ortho intramolecular Hbond substituents is 1. The first-order valence-corrected chi connectivity index (χ1v) is 10.9. The molecule has 172 valence electrons. The maximum Gasteiger partial charge on any atom is 0.216 e. The standard InChI is InChI=1S/C24H25F2N5O2/c1-31(19-10-15-4-6-17(29-15)24(19)26)22-12-27-18(11-28-22)16-5-3-13(7-20(16)32)14-8-21(25)30-23(9-14)33-2/h3,5,7-9,11-12,15,17,19,24,29,32H,4,6,10H2,1-2H3/t15-,17+,19-,24+/m1/s1. The van der Waals surface area contributed by atoms with Crippen molar-refractivity contribution in [2.45, 2.75) is 43.6 Å². The lowest BCUT2D eigenvalue weighted by atomic mass is 9.96. The Balaban J connectivity index is 1.36. The largest absolute Gasteiger partial charge is 0.507 e. The second-order valence-electron chi connectivity index (χ2n) is 8.62. The third-order valence-electron chi connectivity index (χ3n) is 6.64. The summed E-state index contributed by atoms with van der Waals surface area (Å²) in [7, 11) is 3.26. The Morgan fingerprint density at radius 3 is 2.70 bits per heavy atom. The smallest absolute Gasteiger partial charge is 0.216 e. The summed E-state index contributed by atoms with van der Waals surface area (Å²) in [5.74, 6) is 0.0492. The van der Waals surface area contributed by atoms with Gasteiger partial charge < -0.3 is 20.1 Å². The van der Waals surface area contributed by atoms with Gasteiger partial charge in [-0.05, 0) is 42.5 Å². The first-order valence-electron chi connectivity index (χ1n) is 10.9. The van der Waals surface area contributed by atoms with E-state index in [0.717, 1.165) is 19.3 Å². The lowest BCUT2D eigenvalue weighted by Gasteiger charge is -2.38. The third kappa shape index (κ3) is 4.08. The number of nitrogens with one attached hydrogen (secondary N) is 1. The molecule has 2 bridgehead atoms. The SMILES string of the molecule is COc1cc(-c2ccc(-c3cnc(N(C)[C@@H]4C[C@H]5CC[C@H](N5)[C@@H]4F)cn3)c(O)c2)cc(F)n1. The molecule has 0 unspecified atom stereocenters. The molecule has 2 fully saturated rings. The van der Waals surface area contributed by atoms with Gasteiger partial charge in [-0.1, -0.05) is 6.07 Å². The van der Waals surface area contributed by atoms with Crippen LogP contribution in [-0.2, 0) is 0 Å². The highest BCUT2D eigenvalue weighted by atomic mass is 19.1. The van der Waals surface area contributed by atoms with Crippen LogP contribution in [0.1, 0.15) is 19.3 Å². The third-order valence-corrected chi connectivity index (χ3v) is 6.64. The highest BCUT2D eigenvalue weighted by molar-refractivity contribution is 5.74. The predicted octanol–water partition coefficient (Wildman–Crippen LogP) is 3.73. The van der Waals surface area contributed by atoms with Crippen molar-refractivity contribution in [2.24, 2.45) is 0 Å². The Kier molecular flexibility index (Phi) is 5.57. The minimum absolute atomic E-state index is 0.0159. The van der Waals surface area contributed by atoms with Crippen molar-refractivity contribution >= 4 is 5.82 Å². The van der Waals surface area contributed by atoms with Gasteiger partial charge in [0.1, 0.15) is 17.7 Å². The van der Waals surface area contributed by atoms with Gasteiger partial charge in [0.25, 0.3) is 0 Å². The number of aromatic nitrogens is 3. The van der Waals surface area contributed by atoms with Crippen molar-refractivity contribution in [3.05, 3.63) is 48.7 Å². The van der Waals surface area contributed by atoms with Crippen molar-refractivity contribution < 1.29 is 18.6 Å². The highest BCUT2D eigenvalue weighted by Crippen LogP contribution is 2.35. The zero-order chi connectivity index (χ0) is 23.1. The Morgan fingerprint density at radius 2 is 1.97 bits per heavy atom. The van der Waals surface area contributed by atoms with Crippen LogP contribution in [-0.4, -0.2) is 58.5 Å². The highest BCUT2D eigenvalue weighted by Gasteiger charge is 2.43. The fourth-order valence-corrected chi connectivity index (χ4v) is 4.83. The number of phenols is 1. The molecule has 2 aromatic heterocycles. The zero-order valence-corrected chi connectivity index (χ0v) is 18.4. The summed E-state index contributed by atoms with van der Waals surface area (Å²) in [6, 6.07) is 7.87. The predicted molar refractivity (Wildman–Crippen MR) is 121 cm³/mol. The number of pyridine rings is 1. The van der Waals surface area contributed by atoms with Crippen molar-refractivity contribution in [3.63, 3.8) is 0 Å². The van der Waals surface area contributed by atoms with Gasteiger partial charge in [0.05, 0.1) is 31.2 Å². The summed E-state index contributed by atoms with van der Waals surface area (Å²) in [6.45, 7) is 0. The average Bonchev–Trinajstić information content (AvgIpc) is 3.24. The molecule has 0 amide bonds. The number of nitrogens with zero attached hydrogens (tertiary/aromatic N) is 4. The molecule has 33 heavy (non-hydrogen) atoms. The molecule has 2 saturated heterocycles. The van der Waals surface area contributed by atoms with Gasteiger partial charge in [-0.25, -0.2) is 9.37 Å². The van der Waals surface area contributed by atoms with Crippen LogP contribution in [0.25, 0.3) is 22.4 Å². The monoisotopic (exact) mass is 453 g/mol. The van der Waals surface area contributed by atoms with Crippen LogP contribution in [0, 0.1) is 5.95 Å². The molecule has 4 heterocycles. The van der Waals surface area contributed by atoms with E-state index in [9.17, 15) is 13.9 Å². The Morgan fingerprint density at radius 1 is 1.12 bits per heavy atom. The number of methoxy groups -OCH3 is 1. The number of alkyl halides is 1. The summed E-state index contributed by atoms with van der Waals surface area (Å²) in [6.07, 6.45) is 4.83. The number of halogens is 2. The van der Waals surface area contributed by atoms with Crippen LogP contribution >= 0.6 is 0 Å². The molecule has 2 aliphatic rings. The quantitative estimate of drug-likeness (QED) is 0.570. The Bertz CT molecular complexity index is 1160. The lowest BCUT2D eigenvalue weighted by molar-refractivity contribution is 0.176. The van der Waals surface area contributed by atoms with Crippen LogP contribution in [0.3, 0.4) is 0 Å². The number of piperidine rings is 1. The maximum atomic E-state index is 14.9. The molecule has 9 heteroatoms. The fourth-order valence-electron chi connectivity index (χ4n) is 4.83. The molecule has 0 spiro atoms. The molecular formula is C24H25F2N5O2. The number of aromatic hydroxyl groups is 1. The van der Waals surface area contributed by atoms with Gasteiger partial charge in [0, 0.05) is 36.8 Å². The maximum absolute atomic E-state index is 14.9. The molecule has 3 aromatic rings. The van der Waals surface area contributed by atoms with E-state index in [1.54, 1.807) is 30.6 Å². The number of hydrogen-bond acceptors (Lipinski definition) is 7. The molecular weight excluding hydrogens is 428 g/mol. The van der Waals surface area contributed by atoms with Crippen LogP contribution in [0.4, 0.5) is 14.6 Å². The van der Waals surface area contributed by atoms with Crippen molar-refractivity contribution in [3.8, 4) is 34.0 Å². The van der Waals surface area contributed by atoms with E-state index in [0.29, 0.717) is 34.2 Å². The van der Waals surface area contributed by atoms with Gasteiger partial charge >= 0.3 is 0 Å². The van der Waals surface area contributed by atoms with E-state index < -0.39 is 12.1 Å². The number of rotatable bonds is 5. The van der Waals surface area contributed by atoms with E-state index >= 15 is 0 Å². The number of ether oxygens (including phenoxy) is 1. The van der Waals surface area contributed by atoms with Gasteiger partial charge in [-0.2, -0.15) is 9.37 Å². The number of fused-ring (bicyclic) bond motifs is 2. The van der Waals surface area contributed by atoms with Gasteiger partial charge in [-0.15, -0.1) is 0 Å². The summed E-state index contributed by atoms with van der Waals surface area (Å²) in [4.78, 5) is 14.4. The first kappa shape index (κ1) is 21.5. The molecule has 4 atom stereocenters. The molecule has 0 saturated carbocycles. The van der Waals surface area contributed by atoms with Gasteiger partial charge in [-0.3, -0.25) is 4.98 Å². The van der Waals surface area contributed by atoms with Crippen LogP contribution in [0.15, 0.2) is 42.7 Å². The topological polar surface area (TPSA) is 83.4 Å². The van der Waals surface area contributed by atoms with E-state index in [4.69, 9.17) is 4.74 Å². The zero-order valence-electron chi connectivity index (χ0n) is 18.4. The molecule has 0 radical (unpaired) electrons. The first-order chi connectivity index (χ1) is 15.9. The van der Waals surface area contributed by atoms with Crippen molar-refractivity contribution in [1.29, 1.82) is 0 Å². The summed E-state index contributed by atoms with van der Waals surface area (Å²) in [5.41, 5.74) is 2.11. The molecule has 0 aliphatic carbocycles. The number of benzene rings is 1. The van der Waals surface area contributed by atoms with Crippen LogP contribution in [0.5, 0.6) is 11.6 Å². The normalized spacial score (nSPS) is 24.0. The van der Waals surface area contributed by atoms with Gasteiger partial charge in [0.15, 0.2) is 0 Å². The van der Waals surface area contributed by atoms with Crippen LogP contribution < -0.4 is 15.0 Å². The molecule has 5 rings (SSSR count). The van der Waals surface area contributed by atoms with E-state index in [1.807, 2.05) is 11.9 Å². The van der Waals surface area contributed by atoms with E-state index in [2.05, 4.69) is 20.3 Å². The Labute approximate surface area is 190 Å².